The van der Waals surface area contributed by atoms with E-state index in [4.69, 9.17) is 4.74 Å². The van der Waals surface area contributed by atoms with Crippen LogP contribution in [0.25, 0.3) is 21.5 Å². The molecule has 2 aromatic carbocycles. The molecule has 1 amide bonds. The Morgan fingerprint density at radius 3 is 2.86 bits per heavy atom. The number of amides is 1. The van der Waals surface area contributed by atoms with Crippen LogP contribution in [-0.4, -0.2) is 22.5 Å². The lowest BCUT2D eigenvalue weighted by atomic mass is 10.2. The Balaban J connectivity index is 1.47. The third kappa shape index (κ3) is 4.02. The number of para-hydroxylation sites is 2. The van der Waals surface area contributed by atoms with Crippen molar-refractivity contribution in [1.82, 2.24) is 9.97 Å². The van der Waals surface area contributed by atoms with E-state index in [1.165, 1.54) is 11.3 Å². The molecule has 0 saturated heterocycles. The van der Waals surface area contributed by atoms with Gasteiger partial charge in [0.25, 0.3) is 0 Å². The fourth-order valence-electron chi connectivity index (χ4n) is 2.95. The minimum Gasteiger partial charge on any atom is -0.493 e. The Kier molecular flexibility index (Phi) is 5.30. The third-order valence-electron chi connectivity index (χ3n) is 4.18. The summed E-state index contributed by atoms with van der Waals surface area (Å²) in [5, 5.41) is 6.65. The molecule has 2 aromatic heterocycles. The SMILES string of the molecule is CCOc1ccccc1-c1nc(CC(=O)Nc2cnc3ccccc3c2)cs1. The molecular formula is C22H19N3O2S. The molecule has 0 aliphatic carbocycles. The quantitative estimate of drug-likeness (QED) is 0.507. The fraction of sp³-hybridized carbons (Fsp3) is 0.136. The highest BCUT2D eigenvalue weighted by atomic mass is 32.1. The summed E-state index contributed by atoms with van der Waals surface area (Å²) < 4.78 is 5.68. The van der Waals surface area contributed by atoms with Crippen LogP contribution in [0.4, 0.5) is 5.69 Å². The first-order valence-electron chi connectivity index (χ1n) is 9.04. The lowest BCUT2D eigenvalue weighted by molar-refractivity contribution is -0.115. The number of rotatable bonds is 6. The van der Waals surface area contributed by atoms with Gasteiger partial charge in [-0.15, -0.1) is 11.3 Å². The number of hydrogen-bond donors (Lipinski definition) is 1. The largest absolute Gasteiger partial charge is 0.493 e. The van der Waals surface area contributed by atoms with Gasteiger partial charge < -0.3 is 10.1 Å². The maximum atomic E-state index is 12.4. The van der Waals surface area contributed by atoms with Crippen molar-refractivity contribution in [1.29, 1.82) is 0 Å². The zero-order valence-electron chi connectivity index (χ0n) is 15.4. The summed E-state index contributed by atoms with van der Waals surface area (Å²) in [5.74, 6) is 0.685. The van der Waals surface area contributed by atoms with Crippen LogP contribution >= 0.6 is 11.3 Å². The number of nitrogens with zero attached hydrogens (tertiary/aromatic N) is 2. The number of carbonyl (C=O) groups excluding carboxylic acids is 1. The van der Waals surface area contributed by atoms with Gasteiger partial charge in [0.15, 0.2) is 0 Å². The number of aromatic nitrogens is 2. The van der Waals surface area contributed by atoms with Crippen molar-refractivity contribution in [2.45, 2.75) is 13.3 Å². The molecule has 4 rings (SSSR count). The number of fused-ring (bicyclic) bond motifs is 1. The lowest BCUT2D eigenvalue weighted by Gasteiger charge is -2.07. The molecule has 5 nitrogen and oxygen atoms in total. The summed E-state index contributed by atoms with van der Waals surface area (Å²) in [6, 6.07) is 17.5. The standard InChI is InChI=1S/C22H19N3O2S/c1-2-27-20-10-6-4-8-18(20)22-25-17(14-28-22)12-21(26)24-16-11-15-7-3-5-9-19(15)23-13-16/h3-11,13-14H,2,12H2,1H3,(H,24,26). The Labute approximate surface area is 167 Å². The second-order valence-electron chi connectivity index (χ2n) is 6.21. The molecule has 4 aromatic rings. The van der Waals surface area contributed by atoms with Crippen LogP contribution in [0, 0.1) is 0 Å². The van der Waals surface area contributed by atoms with E-state index in [2.05, 4.69) is 15.3 Å². The molecule has 0 fully saturated rings. The Bertz CT molecular complexity index is 1120. The third-order valence-corrected chi connectivity index (χ3v) is 5.11. The van der Waals surface area contributed by atoms with Crippen LogP contribution in [0.2, 0.25) is 0 Å². The van der Waals surface area contributed by atoms with Crippen molar-refractivity contribution in [2.75, 3.05) is 11.9 Å². The fourth-order valence-corrected chi connectivity index (χ4v) is 3.79. The highest BCUT2D eigenvalue weighted by Gasteiger charge is 2.13. The highest BCUT2D eigenvalue weighted by molar-refractivity contribution is 7.13. The zero-order chi connectivity index (χ0) is 19.3. The maximum Gasteiger partial charge on any atom is 0.230 e. The topological polar surface area (TPSA) is 64.1 Å². The molecule has 0 radical (unpaired) electrons. The Morgan fingerprint density at radius 2 is 1.96 bits per heavy atom. The van der Waals surface area contributed by atoms with Gasteiger partial charge in [-0.2, -0.15) is 0 Å². The van der Waals surface area contributed by atoms with Crippen molar-refractivity contribution in [3.8, 4) is 16.3 Å². The van der Waals surface area contributed by atoms with E-state index in [0.29, 0.717) is 12.3 Å². The van der Waals surface area contributed by atoms with Crippen LogP contribution in [0.5, 0.6) is 5.75 Å². The summed E-state index contributed by atoms with van der Waals surface area (Å²) in [6.07, 6.45) is 1.88. The first-order chi connectivity index (χ1) is 13.7. The van der Waals surface area contributed by atoms with Crippen LogP contribution in [0.15, 0.2) is 66.2 Å². The molecule has 28 heavy (non-hydrogen) atoms. The number of nitrogens with one attached hydrogen (secondary N) is 1. The summed E-state index contributed by atoms with van der Waals surface area (Å²) in [5.41, 5.74) is 3.26. The van der Waals surface area contributed by atoms with E-state index < -0.39 is 0 Å². The minimum absolute atomic E-state index is 0.118. The summed E-state index contributed by atoms with van der Waals surface area (Å²) in [6.45, 7) is 2.55. The van der Waals surface area contributed by atoms with E-state index in [1.807, 2.05) is 66.9 Å². The predicted molar refractivity (Wildman–Crippen MR) is 113 cm³/mol. The van der Waals surface area contributed by atoms with Crippen molar-refractivity contribution in [3.05, 3.63) is 71.9 Å². The van der Waals surface area contributed by atoms with E-state index in [9.17, 15) is 4.79 Å². The van der Waals surface area contributed by atoms with E-state index in [0.717, 1.165) is 32.9 Å². The smallest absolute Gasteiger partial charge is 0.230 e. The zero-order valence-corrected chi connectivity index (χ0v) is 16.2. The summed E-state index contributed by atoms with van der Waals surface area (Å²) >= 11 is 1.51. The average molecular weight is 389 g/mol. The van der Waals surface area contributed by atoms with Gasteiger partial charge in [0, 0.05) is 10.8 Å². The molecular weight excluding hydrogens is 370 g/mol. The van der Waals surface area contributed by atoms with E-state index in [-0.39, 0.29) is 12.3 Å². The lowest BCUT2D eigenvalue weighted by Crippen LogP contribution is -2.14. The Morgan fingerprint density at radius 1 is 1.14 bits per heavy atom. The number of thiazole rings is 1. The molecule has 0 aliphatic heterocycles. The second-order valence-corrected chi connectivity index (χ2v) is 7.07. The number of benzene rings is 2. The number of anilines is 1. The maximum absolute atomic E-state index is 12.4. The molecule has 0 bridgehead atoms. The molecule has 0 saturated carbocycles. The van der Waals surface area contributed by atoms with E-state index in [1.54, 1.807) is 6.20 Å². The van der Waals surface area contributed by atoms with Crippen molar-refractivity contribution in [2.24, 2.45) is 0 Å². The number of hydrogen-bond acceptors (Lipinski definition) is 5. The molecule has 6 heteroatoms. The van der Waals surface area contributed by atoms with Gasteiger partial charge in [0.1, 0.15) is 10.8 Å². The van der Waals surface area contributed by atoms with Crippen molar-refractivity contribution < 1.29 is 9.53 Å². The molecule has 1 N–H and O–H groups in total. The number of carbonyl (C=O) groups is 1. The highest BCUT2D eigenvalue weighted by Crippen LogP contribution is 2.32. The molecule has 2 heterocycles. The van der Waals surface area contributed by atoms with Crippen LogP contribution in [0.3, 0.4) is 0 Å². The predicted octanol–water partition coefficient (Wildman–Crippen LogP) is 4.94. The molecule has 0 spiro atoms. The minimum atomic E-state index is -0.118. The molecule has 0 unspecified atom stereocenters. The monoisotopic (exact) mass is 389 g/mol. The van der Waals surface area contributed by atoms with Gasteiger partial charge in [0.2, 0.25) is 5.91 Å². The normalized spacial score (nSPS) is 10.8. The van der Waals surface area contributed by atoms with Gasteiger partial charge in [-0.1, -0.05) is 30.3 Å². The molecule has 0 aliphatic rings. The number of ether oxygens (including phenoxy) is 1. The van der Waals surface area contributed by atoms with Crippen LogP contribution in [0.1, 0.15) is 12.6 Å². The van der Waals surface area contributed by atoms with Gasteiger partial charge in [-0.25, -0.2) is 4.98 Å². The first kappa shape index (κ1) is 18.1. The van der Waals surface area contributed by atoms with Crippen molar-refractivity contribution >= 4 is 33.8 Å². The number of pyridine rings is 1. The van der Waals surface area contributed by atoms with Gasteiger partial charge in [0.05, 0.1) is 41.7 Å². The second kappa shape index (κ2) is 8.19. The average Bonchev–Trinajstić information content (AvgIpc) is 3.16. The van der Waals surface area contributed by atoms with Gasteiger partial charge in [-0.3, -0.25) is 9.78 Å². The Hall–Kier alpha value is -3.25. The first-order valence-corrected chi connectivity index (χ1v) is 9.92. The van der Waals surface area contributed by atoms with E-state index >= 15 is 0 Å². The van der Waals surface area contributed by atoms with Crippen molar-refractivity contribution in [3.63, 3.8) is 0 Å². The van der Waals surface area contributed by atoms with Gasteiger partial charge >= 0.3 is 0 Å². The van der Waals surface area contributed by atoms with Gasteiger partial charge in [-0.05, 0) is 31.2 Å². The molecule has 0 atom stereocenters. The molecule has 140 valence electrons. The van der Waals surface area contributed by atoms with Crippen LogP contribution in [-0.2, 0) is 11.2 Å². The van der Waals surface area contributed by atoms with Crippen LogP contribution < -0.4 is 10.1 Å². The summed E-state index contributed by atoms with van der Waals surface area (Å²) in [4.78, 5) is 21.4. The summed E-state index contributed by atoms with van der Waals surface area (Å²) in [7, 11) is 0.